The molecule has 9 heteroatoms. The lowest BCUT2D eigenvalue weighted by Crippen LogP contribution is -2.32. The van der Waals surface area contributed by atoms with Crippen molar-refractivity contribution >= 4 is 39.8 Å². The highest BCUT2D eigenvalue weighted by Gasteiger charge is 2.40. The van der Waals surface area contributed by atoms with Gasteiger partial charge in [-0.15, -0.1) is 0 Å². The molecule has 1 saturated heterocycles. The number of benzene rings is 4. The minimum absolute atomic E-state index is 0.0198. The standard InChI is InChI=1S/C34H25NO7S/c36-31-25(16-30-32(37)35(34(40)43-30)18-21-10-12-23(13-11-21)33(38)39)20-42-29-17-26(14-15-28(29)31)41-19-24-8-4-5-9-27(24)22-6-2-1-3-7-22/h1-15,17,20,30H,16,18-19H2,(H,38,39). The van der Waals surface area contributed by atoms with Crippen LogP contribution in [0.4, 0.5) is 4.79 Å². The minimum atomic E-state index is -1.06. The summed E-state index contributed by atoms with van der Waals surface area (Å²) in [5.74, 6) is -0.917. The van der Waals surface area contributed by atoms with E-state index in [4.69, 9.17) is 14.3 Å². The van der Waals surface area contributed by atoms with Crippen molar-refractivity contribution in [1.29, 1.82) is 0 Å². The van der Waals surface area contributed by atoms with Gasteiger partial charge in [-0.1, -0.05) is 78.5 Å². The van der Waals surface area contributed by atoms with Crippen molar-refractivity contribution < 1.29 is 28.6 Å². The van der Waals surface area contributed by atoms with Crippen LogP contribution in [-0.2, 0) is 24.4 Å². The van der Waals surface area contributed by atoms with Crippen molar-refractivity contribution in [3.05, 3.63) is 136 Å². The number of ether oxygens (including phenoxy) is 1. The minimum Gasteiger partial charge on any atom is -0.489 e. The molecule has 43 heavy (non-hydrogen) atoms. The number of thioether (sulfide) groups is 1. The SMILES string of the molecule is O=C(O)c1ccc(CN2C(=O)SC(Cc3coc4cc(OCc5ccccc5-c5ccccc5)ccc4c3=O)C2=O)cc1. The Bertz CT molecular complexity index is 1900. The van der Waals surface area contributed by atoms with Crippen LogP contribution in [0.15, 0.2) is 113 Å². The molecule has 6 rings (SSSR count). The number of amides is 2. The number of aromatic carboxylic acids is 1. The number of nitrogens with zero attached hydrogens (tertiary/aromatic N) is 1. The summed E-state index contributed by atoms with van der Waals surface area (Å²) in [7, 11) is 0. The van der Waals surface area contributed by atoms with Crippen LogP contribution in [0.5, 0.6) is 5.75 Å². The molecule has 214 valence electrons. The van der Waals surface area contributed by atoms with Crippen molar-refractivity contribution in [3.63, 3.8) is 0 Å². The Labute approximate surface area is 250 Å². The molecule has 0 radical (unpaired) electrons. The zero-order chi connectivity index (χ0) is 29.9. The molecule has 0 aliphatic carbocycles. The Morgan fingerprint density at radius 3 is 2.40 bits per heavy atom. The van der Waals surface area contributed by atoms with Crippen molar-refractivity contribution in [2.24, 2.45) is 0 Å². The third kappa shape index (κ3) is 5.93. The fourth-order valence-corrected chi connectivity index (χ4v) is 6.01. The summed E-state index contributed by atoms with van der Waals surface area (Å²) < 4.78 is 11.9. The van der Waals surface area contributed by atoms with Crippen molar-refractivity contribution in [2.75, 3.05) is 0 Å². The van der Waals surface area contributed by atoms with E-state index >= 15 is 0 Å². The molecular formula is C34H25NO7S. The lowest BCUT2D eigenvalue weighted by atomic mass is 10.0. The van der Waals surface area contributed by atoms with Crippen LogP contribution in [0.3, 0.4) is 0 Å². The molecule has 1 unspecified atom stereocenters. The number of imide groups is 1. The number of carbonyl (C=O) groups excluding carboxylic acids is 2. The number of hydrogen-bond acceptors (Lipinski definition) is 7. The van der Waals surface area contributed by atoms with Gasteiger partial charge >= 0.3 is 5.97 Å². The van der Waals surface area contributed by atoms with Crippen molar-refractivity contribution in [3.8, 4) is 16.9 Å². The molecule has 4 aromatic carbocycles. The third-order valence-electron chi connectivity index (χ3n) is 7.27. The predicted molar refractivity (Wildman–Crippen MR) is 163 cm³/mol. The Hall–Kier alpha value is -5.15. The third-order valence-corrected chi connectivity index (χ3v) is 8.34. The first-order valence-corrected chi connectivity index (χ1v) is 14.4. The van der Waals surface area contributed by atoms with Gasteiger partial charge in [0.25, 0.3) is 5.24 Å². The highest BCUT2D eigenvalue weighted by molar-refractivity contribution is 8.15. The normalized spacial score (nSPS) is 14.8. The average molecular weight is 592 g/mol. The molecule has 1 aliphatic heterocycles. The molecule has 0 saturated carbocycles. The first kappa shape index (κ1) is 28.0. The molecule has 1 atom stereocenters. The molecule has 2 heterocycles. The fourth-order valence-electron chi connectivity index (χ4n) is 4.99. The van der Waals surface area contributed by atoms with Crippen molar-refractivity contribution in [1.82, 2.24) is 4.90 Å². The van der Waals surface area contributed by atoms with E-state index in [1.165, 1.54) is 18.4 Å². The molecular weight excluding hydrogens is 566 g/mol. The zero-order valence-corrected chi connectivity index (χ0v) is 23.6. The zero-order valence-electron chi connectivity index (χ0n) is 22.8. The highest BCUT2D eigenvalue weighted by atomic mass is 32.2. The van der Waals surface area contributed by atoms with Crippen LogP contribution in [-0.4, -0.2) is 32.4 Å². The smallest absolute Gasteiger partial charge is 0.335 e. The number of carboxylic acids is 1. The van der Waals surface area contributed by atoms with E-state index < -0.39 is 22.4 Å². The quantitative estimate of drug-likeness (QED) is 0.205. The number of carbonyl (C=O) groups is 3. The van der Waals surface area contributed by atoms with Gasteiger partial charge in [-0.2, -0.15) is 0 Å². The van der Waals surface area contributed by atoms with Gasteiger partial charge in [-0.25, -0.2) is 4.79 Å². The van der Waals surface area contributed by atoms with Crippen LogP contribution < -0.4 is 10.2 Å². The summed E-state index contributed by atoms with van der Waals surface area (Å²) in [5.41, 5.74) is 4.31. The van der Waals surface area contributed by atoms with Gasteiger partial charge in [0.2, 0.25) is 5.91 Å². The Balaban J connectivity index is 1.14. The monoisotopic (exact) mass is 591 g/mol. The van der Waals surface area contributed by atoms with E-state index in [0.717, 1.165) is 33.4 Å². The Kier molecular flexibility index (Phi) is 7.81. The average Bonchev–Trinajstić information content (AvgIpc) is 3.29. The topological polar surface area (TPSA) is 114 Å². The molecule has 2 amide bonds. The summed E-state index contributed by atoms with van der Waals surface area (Å²) >= 11 is 0.867. The van der Waals surface area contributed by atoms with Gasteiger partial charge in [0.1, 0.15) is 17.9 Å². The highest BCUT2D eigenvalue weighted by Crippen LogP contribution is 2.31. The lowest BCUT2D eigenvalue weighted by molar-refractivity contribution is -0.127. The first-order chi connectivity index (χ1) is 20.9. The number of carboxylic acid groups (broad SMARTS) is 1. The summed E-state index contributed by atoms with van der Waals surface area (Å²) in [5, 5.41) is 8.24. The number of hydrogen-bond donors (Lipinski definition) is 1. The maximum absolute atomic E-state index is 13.3. The molecule has 0 bridgehead atoms. The summed E-state index contributed by atoms with van der Waals surface area (Å²) in [4.78, 5) is 51.2. The Morgan fingerprint density at radius 2 is 1.63 bits per heavy atom. The first-order valence-electron chi connectivity index (χ1n) is 13.5. The second kappa shape index (κ2) is 12.0. The molecule has 1 aromatic heterocycles. The summed E-state index contributed by atoms with van der Waals surface area (Å²) in [6, 6.07) is 29.1. The maximum Gasteiger partial charge on any atom is 0.335 e. The summed E-state index contributed by atoms with van der Waals surface area (Å²) in [6.07, 6.45) is 1.38. The Morgan fingerprint density at radius 1 is 0.884 bits per heavy atom. The van der Waals surface area contributed by atoms with E-state index in [1.807, 2.05) is 54.6 Å². The molecule has 1 aliphatic rings. The van der Waals surface area contributed by atoms with Gasteiger partial charge in [0.05, 0.1) is 29.0 Å². The second-order valence-electron chi connectivity index (χ2n) is 10.1. The van der Waals surface area contributed by atoms with Gasteiger partial charge in [-0.05, 0) is 46.5 Å². The largest absolute Gasteiger partial charge is 0.489 e. The number of fused-ring (bicyclic) bond motifs is 1. The van der Waals surface area contributed by atoms with E-state index in [1.54, 1.807) is 30.3 Å². The van der Waals surface area contributed by atoms with Crippen LogP contribution >= 0.6 is 11.8 Å². The molecule has 0 spiro atoms. The lowest BCUT2D eigenvalue weighted by Gasteiger charge is -2.14. The van der Waals surface area contributed by atoms with Crippen LogP contribution in [0.2, 0.25) is 0 Å². The van der Waals surface area contributed by atoms with E-state index in [9.17, 15) is 19.2 Å². The van der Waals surface area contributed by atoms with Crippen LogP contribution in [0, 0.1) is 0 Å². The van der Waals surface area contributed by atoms with Crippen molar-refractivity contribution in [2.45, 2.75) is 24.8 Å². The van der Waals surface area contributed by atoms with Gasteiger partial charge in [0.15, 0.2) is 5.43 Å². The van der Waals surface area contributed by atoms with E-state index in [-0.39, 0.29) is 24.0 Å². The molecule has 1 N–H and O–H groups in total. The molecule has 1 fully saturated rings. The molecule has 8 nitrogen and oxygen atoms in total. The second-order valence-corrected chi connectivity index (χ2v) is 11.2. The fraction of sp³-hybridized carbons (Fsp3) is 0.118. The van der Waals surface area contributed by atoms with E-state index in [0.29, 0.717) is 34.5 Å². The maximum atomic E-state index is 13.3. The van der Waals surface area contributed by atoms with Gasteiger partial charge in [0, 0.05) is 18.1 Å². The molecule has 5 aromatic rings. The van der Waals surface area contributed by atoms with Crippen LogP contribution in [0.25, 0.3) is 22.1 Å². The van der Waals surface area contributed by atoms with Gasteiger partial charge < -0.3 is 14.3 Å². The predicted octanol–water partition coefficient (Wildman–Crippen LogP) is 6.54. The van der Waals surface area contributed by atoms with Gasteiger partial charge in [-0.3, -0.25) is 19.3 Å². The summed E-state index contributed by atoms with van der Waals surface area (Å²) in [6.45, 7) is 0.347. The van der Waals surface area contributed by atoms with Crippen LogP contribution in [0.1, 0.15) is 27.0 Å². The van der Waals surface area contributed by atoms with E-state index in [2.05, 4.69) is 0 Å². The number of rotatable bonds is 9.